The molecule has 0 aliphatic carbocycles. The minimum absolute atomic E-state index is 0.00715. The van der Waals surface area contributed by atoms with E-state index in [2.05, 4.69) is 37.2 Å². The van der Waals surface area contributed by atoms with Gasteiger partial charge in [0.2, 0.25) is 0 Å². The molecule has 0 saturated carbocycles. The van der Waals surface area contributed by atoms with E-state index >= 15 is 0 Å². The highest BCUT2D eigenvalue weighted by Gasteiger charge is 2.25. The van der Waals surface area contributed by atoms with Crippen LogP contribution >= 0.6 is 15.9 Å². The Kier molecular flexibility index (Phi) is 4.01. The molecule has 1 saturated heterocycles. The molecule has 1 aromatic carbocycles. The number of amides is 1. The molecule has 2 heterocycles. The van der Waals surface area contributed by atoms with Gasteiger partial charge in [-0.3, -0.25) is 4.79 Å². The summed E-state index contributed by atoms with van der Waals surface area (Å²) in [6, 6.07) is 10.2. The van der Waals surface area contributed by atoms with E-state index in [4.69, 9.17) is 0 Å². The van der Waals surface area contributed by atoms with Gasteiger partial charge in [-0.1, -0.05) is 12.1 Å². The van der Waals surface area contributed by atoms with Crippen LogP contribution in [0.5, 0.6) is 0 Å². The first-order valence-electron chi connectivity index (χ1n) is 7.09. The van der Waals surface area contributed by atoms with Gasteiger partial charge in [0, 0.05) is 35.5 Å². The number of hydrogen-bond acceptors (Lipinski definition) is 2. The monoisotopic (exact) mass is 347 g/mol. The summed E-state index contributed by atoms with van der Waals surface area (Å²) in [4.78, 5) is 17.6. The van der Waals surface area contributed by atoms with Crippen LogP contribution in [-0.2, 0) is 0 Å². The van der Waals surface area contributed by atoms with Crippen molar-refractivity contribution in [3.63, 3.8) is 0 Å². The highest BCUT2D eigenvalue weighted by Crippen LogP contribution is 2.28. The van der Waals surface area contributed by atoms with Crippen LogP contribution in [0.3, 0.4) is 0 Å². The number of halogens is 1. The Balaban J connectivity index is 1.64. The number of rotatable bonds is 3. The van der Waals surface area contributed by atoms with Crippen LogP contribution in [0.2, 0.25) is 0 Å². The summed E-state index contributed by atoms with van der Waals surface area (Å²) >= 11 is 3.58. The van der Waals surface area contributed by atoms with E-state index in [-0.39, 0.29) is 11.9 Å². The maximum atomic E-state index is 12.2. The number of carbonyl (C=O) groups is 1. The highest BCUT2D eigenvalue weighted by molar-refractivity contribution is 9.10. The van der Waals surface area contributed by atoms with Gasteiger partial charge in [0.05, 0.1) is 11.3 Å². The molecule has 2 N–H and O–H groups in total. The first-order valence-corrected chi connectivity index (χ1v) is 7.89. The van der Waals surface area contributed by atoms with Crippen LogP contribution in [0, 0.1) is 6.92 Å². The molecule has 21 heavy (non-hydrogen) atoms. The third-order valence-corrected chi connectivity index (χ3v) is 4.59. The average molecular weight is 348 g/mol. The second-order valence-electron chi connectivity index (χ2n) is 5.37. The summed E-state index contributed by atoms with van der Waals surface area (Å²) in [5.41, 5.74) is 2.83. The molecule has 1 unspecified atom stereocenters. The summed E-state index contributed by atoms with van der Waals surface area (Å²) in [5.74, 6) is 0.00715. The molecular formula is C16H18BrN3O. The van der Waals surface area contributed by atoms with E-state index in [1.807, 2.05) is 31.2 Å². The molecule has 0 spiro atoms. The Hall–Kier alpha value is -1.75. The lowest BCUT2D eigenvalue weighted by Gasteiger charge is -2.20. The van der Waals surface area contributed by atoms with Crippen molar-refractivity contribution in [2.45, 2.75) is 19.4 Å². The third-order valence-electron chi connectivity index (χ3n) is 3.92. The number of aryl methyl sites for hydroxylation is 1. The number of aromatic amines is 1. The number of carbonyl (C=O) groups excluding carboxylic acids is 1. The zero-order chi connectivity index (χ0) is 14.8. The molecule has 4 nitrogen and oxygen atoms in total. The van der Waals surface area contributed by atoms with Crippen LogP contribution in [0.15, 0.2) is 41.0 Å². The fraction of sp³-hybridized carbons (Fsp3) is 0.312. The third kappa shape index (κ3) is 2.97. The van der Waals surface area contributed by atoms with Crippen molar-refractivity contribution in [1.29, 1.82) is 0 Å². The summed E-state index contributed by atoms with van der Waals surface area (Å²) in [6.07, 6.45) is 2.77. The SMILES string of the molecule is Cc1[nH]ccc1C(=O)NC1CCN(c2ccccc2Br)C1. The lowest BCUT2D eigenvalue weighted by molar-refractivity contribution is 0.0940. The van der Waals surface area contributed by atoms with E-state index < -0.39 is 0 Å². The maximum Gasteiger partial charge on any atom is 0.253 e. The number of H-pyrrole nitrogens is 1. The van der Waals surface area contributed by atoms with Crippen LogP contribution < -0.4 is 10.2 Å². The molecule has 1 aromatic heterocycles. The van der Waals surface area contributed by atoms with Gasteiger partial charge in [0.1, 0.15) is 0 Å². The molecule has 110 valence electrons. The van der Waals surface area contributed by atoms with Crippen molar-refractivity contribution in [2.24, 2.45) is 0 Å². The Bertz CT molecular complexity index is 652. The number of hydrogen-bond donors (Lipinski definition) is 2. The minimum Gasteiger partial charge on any atom is -0.368 e. The molecule has 1 amide bonds. The first kappa shape index (κ1) is 14.2. The van der Waals surface area contributed by atoms with E-state index in [0.29, 0.717) is 0 Å². The first-order chi connectivity index (χ1) is 10.1. The molecule has 5 heteroatoms. The topological polar surface area (TPSA) is 48.1 Å². The molecule has 1 fully saturated rings. The predicted octanol–water partition coefficient (Wildman–Crippen LogP) is 3.09. The molecule has 1 aliphatic rings. The lowest BCUT2D eigenvalue weighted by atomic mass is 10.2. The van der Waals surface area contributed by atoms with Crippen molar-refractivity contribution in [3.8, 4) is 0 Å². The Morgan fingerprint density at radius 2 is 2.19 bits per heavy atom. The van der Waals surface area contributed by atoms with Crippen LogP contribution in [0.4, 0.5) is 5.69 Å². The van der Waals surface area contributed by atoms with Gasteiger partial charge in [0.25, 0.3) is 5.91 Å². The smallest absolute Gasteiger partial charge is 0.253 e. The van der Waals surface area contributed by atoms with Gasteiger partial charge < -0.3 is 15.2 Å². The minimum atomic E-state index is 0.00715. The van der Waals surface area contributed by atoms with Crippen LogP contribution in [0.25, 0.3) is 0 Å². The Morgan fingerprint density at radius 1 is 1.38 bits per heavy atom. The van der Waals surface area contributed by atoms with Crippen molar-refractivity contribution in [3.05, 3.63) is 52.3 Å². The van der Waals surface area contributed by atoms with E-state index in [0.717, 1.165) is 35.2 Å². The largest absolute Gasteiger partial charge is 0.368 e. The molecule has 0 bridgehead atoms. The summed E-state index contributed by atoms with van der Waals surface area (Å²) in [5, 5.41) is 3.13. The van der Waals surface area contributed by atoms with E-state index in [9.17, 15) is 4.79 Å². The lowest BCUT2D eigenvalue weighted by Crippen LogP contribution is -2.37. The fourth-order valence-corrected chi connectivity index (χ4v) is 3.30. The Labute approximate surface area is 132 Å². The van der Waals surface area contributed by atoms with Gasteiger partial charge in [-0.05, 0) is 47.5 Å². The van der Waals surface area contributed by atoms with Crippen molar-refractivity contribution >= 4 is 27.5 Å². The number of nitrogens with one attached hydrogen (secondary N) is 2. The normalized spacial score (nSPS) is 18.0. The molecule has 2 aromatic rings. The number of nitrogens with zero attached hydrogens (tertiary/aromatic N) is 1. The number of aromatic nitrogens is 1. The van der Waals surface area contributed by atoms with Crippen LogP contribution in [0.1, 0.15) is 22.5 Å². The van der Waals surface area contributed by atoms with E-state index in [1.54, 1.807) is 6.20 Å². The number of para-hydroxylation sites is 1. The molecule has 3 rings (SSSR count). The van der Waals surface area contributed by atoms with E-state index in [1.165, 1.54) is 5.69 Å². The predicted molar refractivity (Wildman–Crippen MR) is 87.8 cm³/mol. The average Bonchev–Trinajstić information content (AvgIpc) is 3.08. The maximum absolute atomic E-state index is 12.2. The second-order valence-corrected chi connectivity index (χ2v) is 6.23. The van der Waals surface area contributed by atoms with Gasteiger partial charge in [-0.25, -0.2) is 0 Å². The number of benzene rings is 1. The summed E-state index contributed by atoms with van der Waals surface area (Å²) in [6.45, 7) is 3.72. The fourth-order valence-electron chi connectivity index (χ4n) is 2.77. The zero-order valence-electron chi connectivity index (χ0n) is 11.9. The van der Waals surface area contributed by atoms with Crippen LogP contribution in [-0.4, -0.2) is 30.0 Å². The molecular weight excluding hydrogens is 330 g/mol. The molecule has 1 atom stereocenters. The summed E-state index contributed by atoms with van der Waals surface area (Å²) < 4.78 is 1.10. The second kappa shape index (κ2) is 5.93. The van der Waals surface area contributed by atoms with Gasteiger partial charge in [0.15, 0.2) is 0 Å². The zero-order valence-corrected chi connectivity index (χ0v) is 13.5. The standard InChI is InChI=1S/C16H18BrN3O/c1-11-13(6-8-18-11)16(21)19-12-7-9-20(10-12)15-5-3-2-4-14(15)17/h2-6,8,12,18H,7,9-10H2,1H3,(H,19,21). The van der Waals surface area contributed by atoms with Gasteiger partial charge in [-0.2, -0.15) is 0 Å². The van der Waals surface area contributed by atoms with Crippen molar-refractivity contribution in [1.82, 2.24) is 10.3 Å². The van der Waals surface area contributed by atoms with Gasteiger partial charge in [-0.15, -0.1) is 0 Å². The van der Waals surface area contributed by atoms with Crippen molar-refractivity contribution < 1.29 is 4.79 Å². The highest BCUT2D eigenvalue weighted by atomic mass is 79.9. The number of anilines is 1. The molecule has 0 radical (unpaired) electrons. The summed E-state index contributed by atoms with van der Waals surface area (Å²) in [7, 11) is 0. The van der Waals surface area contributed by atoms with Gasteiger partial charge >= 0.3 is 0 Å². The molecule has 1 aliphatic heterocycles. The van der Waals surface area contributed by atoms with Crippen molar-refractivity contribution in [2.75, 3.05) is 18.0 Å². The Morgan fingerprint density at radius 3 is 2.90 bits per heavy atom. The quantitative estimate of drug-likeness (QED) is 0.896.